The molecule has 3 heteroatoms. The third kappa shape index (κ3) is 1.78. The lowest BCUT2D eigenvalue weighted by atomic mass is 9.90. The van der Waals surface area contributed by atoms with Crippen LogP contribution in [0, 0.1) is 5.41 Å². The van der Waals surface area contributed by atoms with Crippen molar-refractivity contribution in [1.82, 2.24) is 0 Å². The second kappa shape index (κ2) is 2.72. The smallest absolute Gasteiger partial charge is 0.216 e. The molecule has 2 heterocycles. The number of hydrogen-bond acceptors (Lipinski definition) is 3. The Morgan fingerprint density at radius 2 is 2.00 bits per heavy atom. The normalized spacial score (nSPS) is 35.1. The summed E-state index contributed by atoms with van der Waals surface area (Å²) in [6.45, 7) is 11.4. The van der Waals surface area contributed by atoms with Crippen molar-refractivity contribution < 1.29 is 9.47 Å². The fourth-order valence-electron chi connectivity index (χ4n) is 1.72. The lowest BCUT2D eigenvalue weighted by Crippen LogP contribution is -2.20. The number of rotatable bonds is 1. The van der Waals surface area contributed by atoms with E-state index in [0.29, 0.717) is 6.61 Å². The van der Waals surface area contributed by atoms with Gasteiger partial charge in [-0.25, -0.2) is 4.99 Å². The second-order valence-electron chi connectivity index (χ2n) is 5.89. The van der Waals surface area contributed by atoms with E-state index in [4.69, 9.17) is 9.47 Å². The monoisotopic (exact) mass is 197 g/mol. The van der Waals surface area contributed by atoms with Crippen molar-refractivity contribution in [2.24, 2.45) is 10.4 Å². The number of hydrogen-bond donors (Lipinski definition) is 0. The molecule has 2 atom stereocenters. The molecule has 0 spiro atoms. The van der Waals surface area contributed by atoms with E-state index in [9.17, 15) is 0 Å². The van der Waals surface area contributed by atoms with Gasteiger partial charge in [-0.2, -0.15) is 0 Å². The molecule has 0 aliphatic carbocycles. The summed E-state index contributed by atoms with van der Waals surface area (Å²) >= 11 is 0. The molecule has 0 N–H and O–H groups in total. The van der Waals surface area contributed by atoms with Crippen LogP contribution >= 0.6 is 0 Å². The molecule has 2 aliphatic heterocycles. The van der Waals surface area contributed by atoms with Crippen LogP contribution in [0.4, 0.5) is 0 Å². The molecule has 0 aromatic heterocycles. The quantitative estimate of drug-likeness (QED) is 0.602. The summed E-state index contributed by atoms with van der Waals surface area (Å²) in [7, 11) is 0. The molecule has 0 unspecified atom stereocenters. The number of epoxide rings is 1. The molecule has 2 rings (SSSR count). The third-order valence-corrected chi connectivity index (χ3v) is 2.57. The highest BCUT2D eigenvalue weighted by atomic mass is 16.6. The minimum atomic E-state index is -0.0658. The summed E-state index contributed by atoms with van der Waals surface area (Å²) in [4.78, 5) is 4.52. The topological polar surface area (TPSA) is 34.1 Å². The SMILES string of the molecule is CC1(C)COC([C@@H]2O[C@@H]2C(C)(C)C)=N1. The zero-order valence-electron chi connectivity index (χ0n) is 9.63. The van der Waals surface area contributed by atoms with Gasteiger partial charge in [0.25, 0.3) is 0 Å². The molecule has 1 fully saturated rings. The van der Waals surface area contributed by atoms with Gasteiger partial charge < -0.3 is 9.47 Å². The number of ether oxygens (including phenoxy) is 2. The summed E-state index contributed by atoms with van der Waals surface area (Å²) in [5.74, 6) is 0.801. The maximum Gasteiger partial charge on any atom is 0.216 e. The van der Waals surface area contributed by atoms with Crippen LogP contribution in [0.25, 0.3) is 0 Å². The number of nitrogens with zero attached hydrogens (tertiary/aromatic N) is 1. The molecule has 0 bridgehead atoms. The van der Waals surface area contributed by atoms with Crippen LogP contribution in [0.5, 0.6) is 0 Å². The molecule has 1 saturated heterocycles. The minimum absolute atomic E-state index is 0.0658. The second-order valence-corrected chi connectivity index (χ2v) is 5.89. The van der Waals surface area contributed by atoms with Gasteiger partial charge in [0.15, 0.2) is 6.10 Å². The van der Waals surface area contributed by atoms with E-state index in [1.807, 2.05) is 0 Å². The number of aliphatic imine (C=N–C) groups is 1. The van der Waals surface area contributed by atoms with Crippen LogP contribution in [0.3, 0.4) is 0 Å². The maximum atomic E-state index is 5.60. The summed E-state index contributed by atoms with van der Waals surface area (Å²) < 4.78 is 11.1. The summed E-state index contributed by atoms with van der Waals surface area (Å²) in [5, 5.41) is 0. The van der Waals surface area contributed by atoms with E-state index in [0.717, 1.165) is 5.90 Å². The Bertz CT molecular complexity index is 276. The molecule has 0 amide bonds. The minimum Gasteiger partial charge on any atom is -0.476 e. The van der Waals surface area contributed by atoms with Gasteiger partial charge in [0.1, 0.15) is 6.61 Å². The van der Waals surface area contributed by atoms with Gasteiger partial charge in [-0.1, -0.05) is 20.8 Å². The molecule has 0 aromatic carbocycles. The average Bonchev–Trinajstić information content (AvgIpc) is 2.70. The largest absolute Gasteiger partial charge is 0.476 e. The fourth-order valence-corrected chi connectivity index (χ4v) is 1.72. The van der Waals surface area contributed by atoms with Crippen molar-refractivity contribution in [2.75, 3.05) is 6.61 Å². The van der Waals surface area contributed by atoms with Crippen molar-refractivity contribution in [2.45, 2.75) is 52.4 Å². The van der Waals surface area contributed by atoms with Gasteiger partial charge in [0.2, 0.25) is 5.90 Å². The van der Waals surface area contributed by atoms with E-state index < -0.39 is 0 Å². The van der Waals surface area contributed by atoms with Crippen molar-refractivity contribution >= 4 is 5.90 Å². The predicted octanol–water partition coefficient (Wildman–Crippen LogP) is 2.01. The van der Waals surface area contributed by atoms with Crippen LogP contribution in [0.2, 0.25) is 0 Å². The van der Waals surface area contributed by atoms with Crippen LogP contribution in [-0.2, 0) is 9.47 Å². The van der Waals surface area contributed by atoms with E-state index in [1.165, 1.54) is 0 Å². The average molecular weight is 197 g/mol. The van der Waals surface area contributed by atoms with Gasteiger partial charge in [-0.05, 0) is 19.3 Å². The van der Waals surface area contributed by atoms with Crippen LogP contribution in [0.15, 0.2) is 4.99 Å². The Kier molecular flexibility index (Phi) is 1.94. The highest BCUT2D eigenvalue weighted by Crippen LogP contribution is 2.40. The van der Waals surface area contributed by atoms with Gasteiger partial charge in [0, 0.05) is 0 Å². The molecule has 2 aliphatic rings. The van der Waals surface area contributed by atoms with Crippen LogP contribution in [0.1, 0.15) is 34.6 Å². The Hall–Kier alpha value is -0.570. The van der Waals surface area contributed by atoms with Crippen molar-refractivity contribution in [3.8, 4) is 0 Å². The summed E-state index contributed by atoms with van der Waals surface area (Å²) in [6, 6.07) is 0. The van der Waals surface area contributed by atoms with Crippen molar-refractivity contribution in [1.29, 1.82) is 0 Å². The Morgan fingerprint density at radius 3 is 2.36 bits per heavy atom. The first kappa shape index (κ1) is 9.97. The lowest BCUT2D eigenvalue weighted by Gasteiger charge is -2.13. The zero-order chi connectivity index (χ0) is 10.6. The first-order valence-corrected chi connectivity index (χ1v) is 5.18. The zero-order valence-corrected chi connectivity index (χ0v) is 9.63. The van der Waals surface area contributed by atoms with E-state index >= 15 is 0 Å². The summed E-state index contributed by atoms with van der Waals surface area (Å²) in [5.41, 5.74) is 0.118. The Morgan fingerprint density at radius 1 is 1.36 bits per heavy atom. The van der Waals surface area contributed by atoms with E-state index in [2.05, 4.69) is 39.6 Å². The van der Waals surface area contributed by atoms with Crippen molar-refractivity contribution in [3.63, 3.8) is 0 Å². The molecule has 0 radical (unpaired) electrons. The highest BCUT2D eigenvalue weighted by Gasteiger charge is 2.53. The predicted molar refractivity (Wildman–Crippen MR) is 55.6 cm³/mol. The van der Waals surface area contributed by atoms with Crippen LogP contribution in [-0.4, -0.2) is 30.3 Å². The van der Waals surface area contributed by atoms with Crippen molar-refractivity contribution in [3.05, 3.63) is 0 Å². The molecule has 0 aromatic rings. The summed E-state index contributed by atoms with van der Waals surface area (Å²) in [6.07, 6.45) is 0.381. The Balaban J connectivity index is 2.02. The van der Waals surface area contributed by atoms with E-state index in [1.54, 1.807) is 0 Å². The molecular formula is C11H19NO2. The molecular weight excluding hydrogens is 178 g/mol. The molecule has 80 valence electrons. The third-order valence-electron chi connectivity index (χ3n) is 2.57. The fraction of sp³-hybridized carbons (Fsp3) is 0.909. The first-order chi connectivity index (χ1) is 6.30. The van der Waals surface area contributed by atoms with Crippen LogP contribution < -0.4 is 0 Å². The van der Waals surface area contributed by atoms with Gasteiger partial charge >= 0.3 is 0 Å². The molecule has 3 nitrogen and oxygen atoms in total. The van der Waals surface area contributed by atoms with Gasteiger partial charge in [0.05, 0.1) is 11.6 Å². The standard InChI is InChI=1S/C11H19NO2/c1-10(2,3)8-7(14-8)9-12-11(4,5)6-13-9/h7-8H,6H2,1-5H3/t7-,8+/m1/s1. The molecule has 0 saturated carbocycles. The first-order valence-electron chi connectivity index (χ1n) is 5.18. The Labute approximate surface area is 85.5 Å². The maximum absolute atomic E-state index is 5.60. The van der Waals surface area contributed by atoms with Gasteiger partial charge in [-0.3, -0.25) is 0 Å². The lowest BCUT2D eigenvalue weighted by molar-refractivity contribution is 0.254. The van der Waals surface area contributed by atoms with E-state index in [-0.39, 0.29) is 23.2 Å². The highest BCUT2D eigenvalue weighted by molar-refractivity contribution is 5.85. The van der Waals surface area contributed by atoms with Gasteiger partial charge in [-0.15, -0.1) is 0 Å². The molecule has 14 heavy (non-hydrogen) atoms.